The van der Waals surface area contributed by atoms with Crippen LogP contribution < -0.4 is 0 Å². The van der Waals surface area contributed by atoms with Gasteiger partial charge < -0.3 is 9.84 Å². The van der Waals surface area contributed by atoms with Gasteiger partial charge in [-0.1, -0.05) is 103 Å². The molecule has 0 saturated heterocycles. The molecule has 0 fully saturated rings. The first-order valence-corrected chi connectivity index (χ1v) is 12.6. The molecule has 4 atom stereocenters. The molecule has 0 aliphatic rings. The minimum Gasteiger partial charge on any atom is -0.460 e. The number of hydrogen-bond acceptors (Lipinski definition) is 4. The lowest BCUT2D eigenvalue weighted by atomic mass is 9.89. The third-order valence-corrected chi connectivity index (χ3v) is 6.22. The summed E-state index contributed by atoms with van der Waals surface area (Å²) in [5.74, 6) is -1.18. The van der Waals surface area contributed by atoms with E-state index in [2.05, 4.69) is 36.1 Å². The molecule has 4 nitrogen and oxygen atoms in total. The Morgan fingerprint density at radius 3 is 1.94 bits per heavy atom. The quantitative estimate of drug-likeness (QED) is 0.326. The zero-order chi connectivity index (χ0) is 26.1. The van der Waals surface area contributed by atoms with Gasteiger partial charge in [0.25, 0.3) is 0 Å². The van der Waals surface area contributed by atoms with Gasteiger partial charge in [-0.25, -0.2) is 0 Å². The van der Waals surface area contributed by atoms with E-state index in [0.29, 0.717) is 6.54 Å². The molecule has 0 aromatic heterocycles. The Morgan fingerprint density at radius 2 is 1.42 bits per heavy atom. The van der Waals surface area contributed by atoms with Crippen LogP contribution in [0.25, 0.3) is 6.08 Å². The zero-order valence-electron chi connectivity index (χ0n) is 22.0. The fourth-order valence-corrected chi connectivity index (χ4v) is 4.42. The number of benzene rings is 3. The van der Waals surface area contributed by atoms with Gasteiger partial charge in [-0.05, 0) is 51.3 Å². The van der Waals surface area contributed by atoms with E-state index in [9.17, 15) is 9.90 Å². The summed E-state index contributed by atoms with van der Waals surface area (Å²) in [6.45, 7) is 9.99. The molecule has 36 heavy (non-hydrogen) atoms. The van der Waals surface area contributed by atoms with Crippen LogP contribution in [-0.4, -0.2) is 33.7 Å². The molecule has 0 amide bonds. The molecule has 0 spiro atoms. The highest BCUT2D eigenvalue weighted by Gasteiger charge is 2.39. The van der Waals surface area contributed by atoms with Crippen LogP contribution in [0.4, 0.5) is 0 Å². The lowest BCUT2D eigenvalue weighted by Crippen LogP contribution is -2.49. The first-order valence-electron chi connectivity index (χ1n) is 12.6. The van der Waals surface area contributed by atoms with Crippen molar-refractivity contribution >= 4 is 12.0 Å². The van der Waals surface area contributed by atoms with Crippen LogP contribution in [0.1, 0.15) is 57.4 Å². The standard InChI is InChI=1S/C32H39NO3/c1-24(28-19-13-8-14-20-28)33(23-27-17-11-7-12-18-27)29(22-21-26-15-9-6-10-16-26)30(25(2)34)31(35)36-32(3,4)5/h6-22,24-25,29-30,34H,23H2,1-5H3/b22-21+/t24-,25-,29-,30-/m1/s1. The Labute approximate surface area is 216 Å². The van der Waals surface area contributed by atoms with Gasteiger partial charge in [0.1, 0.15) is 11.5 Å². The number of hydrogen-bond donors (Lipinski definition) is 1. The van der Waals surface area contributed by atoms with Crippen LogP contribution in [0.5, 0.6) is 0 Å². The van der Waals surface area contributed by atoms with Crippen LogP contribution in [0.3, 0.4) is 0 Å². The van der Waals surface area contributed by atoms with E-state index in [1.54, 1.807) is 6.92 Å². The number of carbonyl (C=O) groups is 1. The number of aliphatic hydroxyl groups excluding tert-OH is 1. The summed E-state index contributed by atoms with van der Waals surface area (Å²) < 4.78 is 5.82. The predicted molar refractivity (Wildman–Crippen MR) is 147 cm³/mol. The first kappa shape index (κ1) is 27.4. The number of aliphatic hydroxyl groups is 1. The van der Waals surface area contributed by atoms with Gasteiger partial charge in [0.15, 0.2) is 0 Å². The smallest absolute Gasteiger partial charge is 0.314 e. The van der Waals surface area contributed by atoms with E-state index in [0.717, 1.165) is 16.7 Å². The van der Waals surface area contributed by atoms with Crippen molar-refractivity contribution in [3.63, 3.8) is 0 Å². The SMILES string of the molecule is C[C@H](c1ccccc1)N(Cc1ccccc1)[C@H](/C=C/c1ccccc1)[C@H](C(=O)OC(C)(C)C)[C@@H](C)O. The van der Waals surface area contributed by atoms with Crippen molar-refractivity contribution in [1.29, 1.82) is 0 Å². The molecule has 0 radical (unpaired) electrons. The average molecular weight is 486 g/mol. The highest BCUT2D eigenvalue weighted by molar-refractivity contribution is 5.75. The zero-order valence-corrected chi connectivity index (χ0v) is 22.0. The number of esters is 1. The van der Waals surface area contributed by atoms with E-state index in [1.807, 2.05) is 99.7 Å². The molecule has 3 aromatic rings. The molecular weight excluding hydrogens is 446 g/mol. The number of nitrogens with zero attached hydrogens (tertiary/aromatic N) is 1. The highest BCUT2D eigenvalue weighted by Crippen LogP contribution is 2.31. The maximum absolute atomic E-state index is 13.5. The average Bonchev–Trinajstić information content (AvgIpc) is 2.85. The molecule has 3 aromatic carbocycles. The molecular formula is C32H39NO3. The van der Waals surface area contributed by atoms with Crippen LogP contribution in [-0.2, 0) is 16.1 Å². The fraction of sp³-hybridized carbons (Fsp3) is 0.344. The minimum absolute atomic E-state index is 0.0273. The predicted octanol–water partition coefficient (Wildman–Crippen LogP) is 6.67. The number of ether oxygens (including phenoxy) is 1. The molecule has 0 bridgehead atoms. The second kappa shape index (κ2) is 12.7. The van der Waals surface area contributed by atoms with E-state index in [-0.39, 0.29) is 6.04 Å². The summed E-state index contributed by atoms with van der Waals surface area (Å²) in [6, 6.07) is 30.1. The third-order valence-electron chi connectivity index (χ3n) is 6.22. The lowest BCUT2D eigenvalue weighted by molar-refractivity contribution is -0.166. The van der Waals surface area contributed by atoms with Crippen molar-refractivity contribution in [2.75, 3.05) is 0 Å². The van der Waals surface area contributed by atoms with Crippen molar-refractivity contribution in [3.05, 3.63) is 114 Å². The van der Waals surface area contributed by atoms with E-state index < -0.39 is 29.6 Å². The second-order valence-corrected chi connectivity index (χ2v) is 10.3. The molecule has 0 heterocycles. The minimum atomic E-state index is -0.911. The summed E-state index contributed by atoms with van der Waals surface area (Å²) >= 11 is 0. The molecule has 3 rings (SSSR count). The maximum Gasteiger partial charge on any atom is 0.314 e. The fourth-order valence-electron chi connectivity index (χ4n) is 4.42. The maximum atomic E-state index is 13.5. The van der Waals surface area contributed by atoms with Crippen molar-refractivity contribution in [2.45, 2.75) is 65.0 Å². The van der Waals surface area contributed by atoms with Gasteiger partial charge in [0, 0.05) is 18.6 Å². The van der Waals surface area contributed by atoms with Crippen molar-refractivity contribution < 1.29 is 14.6 Å². The van der Waals surface area contributed by atoms with Crippen LogP contribution in [0.15, 0.2) is 97.1 Å². The van der Waals surface area contributed by atoms with Crippen molar-refractivity contribution in [1.82, 2.24) is 4.90 Å². The Morgan fingerprint density at radius 1 is 0.889 bits per heavy atom. The van der Waals surface area contributed by atoms with Gasteiger partial charge in [-0.15, -0.1) is 0 Å². The number of rotatable bonds is 10. The molecule has 4 heteroatoms. The van der Waals surface area contributed by atoms with E-state index in [4.69, 9.17) is 4.74 Å². The van der Waals surface area contributed by atoms with E-state index in [1.165, 1.54) is 0 Å². The molecule has 0 aliphatic carbocycles. The van der Waals surface area contributed by atoms with Gasteiger partial charge in [0.05, 0.1) is 6.10 Å². The lowest BCUT2D eigenvalue weighted by Gasteiger charge is -2.40. The van der Waals surface area contributed by atoms with Crippen LogP contribution in [0.2, 0.25) is 0 Å². The summed E-state index contributed by atoms with van der Waals surface area (Å²) in [5.41, 5.74) is 2.64. The van der Waals surface area contributed by atoms with Crippen LogP contribution >= 0.6 is 0 Å². The van der Waals surface area contributed by atoms with Gasteiger partial charge in [-0.2, -0.15) is 0 Å². The summed E-state index contributed by atoms with van der Waals surface area (Å²) in [4.78, 5) is 15.8. The highest BCUT2D eigenvalue weighted by atomic mass is 16.6. The Kier molecular flexibility index (Phi) is 9.63. The summed E-state index contributed by atoms with van der Waals surface area (Å²) in [5, 5.41) is 11.0. The van der Waals surface area contributed by atoms with Crippen LogP contribution in [0, 0.1) is 5.92 Å². The van der Waals surface area contributed by atoms with E-state index >= 15 is 0 Å². The Hall–Kier alpha value is -3.21. The first-order chi connectivity index (χ1) is 17.2. The van der Waals surface area contributed by atoms with Crippen molar-refractivity contribution in [2.24, 2.45) is 5.92 Å². The molecule has 0 aliphatic heterocycles. The second-order valence-electron chi connectivity index (χ2n) is 10.3. The number of carbonyl (C=O) groups excluding carboxylic acids is 1. The van der Waals surface area contributed by atoms with Gasteiger partial charge in [-0.3, -0.25) is 9.69 Å². The summed E-state index contributed by atoms with van der Waals surface area (Å²) in [6.07, 6.45) is 3.16. The third kappa shape index (κ3) is 7.91. The molecule has 0 unspecified atom stereocenters. The normalized spacial score (nSPS) is 15.4. The van der Waals surface area contributed by atoms with Gasteiger partial charge in [0.2, 0.25) is 0 Å². The van der Waals surface area contributed by atoms with Gasteiger partial charge >= 0.3 is 5.97 Å². The molecule has 0 saturated carbocycles. The largest absolute Gasteiger partial charge is 0.460 e. The summed E-state index contributed by atoms with van der Waals surface area (Å²) in [7, 11) is 0. The Balaban J connectivity index is 2.12. The monoisotopic (exact) mass is 485 g/mol. The molecule has 1 N–H and O–H groups in total. The topological polar surface area (TPSA) is 49.8 Å². The van der Waals surface area contributed by atoms with Crippen molar-refractivity contribution in [3.8, 4) is 0 Å². The molecule has 190 valence electrons. The Bertz CT molecular complexity index is 1090.